The van der Waals surface area contributed by atoms with E-state index >= 15 is 0 Å². The molecule has 0 spiro atoms. The summed E-state index contributed by atoms with van der Waals surface area (Å²) in [5.74, 6) is 5.64. The van der Waals surface area contributed by atoms with Crippen LogP contribution in [0.5, 0.6) is 0 Å². The van der Waals surface area contributed by atoms with Crippen LogP contribution in [0, 0.1) is 11.3 Å². The Bertz CT molecular complexity index is 440. The number of nitrogens with two attached hydrogens (primary N) is 1. The van der Waals surface area contributed by atoms with Gasteiger partial charge in [-0.05, 0) is 31.5 Å². The first kappa shape index (κ1) is 14.0. The summed E-state index contributed by atoms with van der Waals surface area (Å²) < 4.78 is 4.82. The van der Waals surface area contributed by atoms with Crippen LogP contribution in [0.1, 0.15) is 25.3 Å². The van der Waals surface area contributed by atoms with E-state index < -0.39 is 0 Å². The molecule has 0 aliphatic heterocycles. The molecule has 1 aromatic rings. The number of hydrazine groups is 1. The summed E-state index contributed by atoms with van der Waals surface area (Å²) in [5.41, 5.74) is 1.33. The molecule has 0 heterocycles. The van der Waals surface area contributed by atoms with Gasteiger partial charge in [0.25, 0.3) is 0 Å². The zero-order valence-electron chi connectivity index (χ0n) is 10.4. The summed E-state index contributed by atoms with van der Waals surface area (Å²) in [7, 11) is 0. The normalized spacial score (nSPS) is 9.61. The molecule has 2 N–H and O–H groups in total. The fourth-order valence-electron chi connectivity index (χ4n) is 1.51. The van der Waals surface area contributed by atoms with Crippen LogP contribution in [0.4, 0.5) is 5.69 Å². The third-order valence-corrected chi connectivity index (χ3v) is 2.39. The van der Waals surface area contributed by atoms with E-state index in [2.05, 4.69) is 6.07 Å². The highest BCUT2D eigenvalue weighted by Crippen LogP contribution is 2.13. The third-order valence-electron chi connectivity index (χ3n) is 2.39. The predicted molar refractivity (Wildman–Crippen MR) is 68.6 cm³/mol. The first-order chi connectivity index (χ1) is 8.67. The molecule has 0 radical (unpaired) electrons. The van der Waals surface area contributed by atoms with Crippen LogP contribution < -0.4 is 10.9 Å². The number of benzene rings is 1. The van der Waals surface area contributed by atoms with Crippen molar-refractivity contribution in [1.29, 1.82) is 5.26 Å². The minimum absolute atomic E-state index is 0.211. The zero-order chi connectivity index (χ0) is 13.4. The summed E-state index contributed by atoms with van der Waals surface area (Å²) in [6.07, 6.45) is 0.964. The van der Waals surface area contributed by atoms with Crippen LogP contribution in [-0.2, 0) is 9.53 Å². The third kappa shape index (κ3) is 4.44. The first-order valence-corrected chi connectivity index (χ1v) is 5.85. The first-order valence-electron chi connectivity index (χ1n) is 5.85. The van der Waals surface area contributed by atoms with Crippen molar-refractivity contribution in [3.05, 3.63) is 29.8 Å². The van der Waals surface area contributed by atoms with Crippen molar-refractivity contribution in [3.8, 4) is 6.07 Å². The summed E-state index contributed by atoms with van der Waals surface area (Å²) in [4.78, 5) is 11.1. The molecule has 5 nitrogen and oxygen atoms in total. The summed E-state index contributed by atoms with van der Waals surface area (Å²) in [5, 5.41) is 10.3. The molecular weight excluding hydrogens is 230 g/mol. The second kappa shape index (κ2) is 7.30. The Hall–Kier alpha value is -2.06. The molecule has 0 saturated heterocycles. The van der Waals surface area contributed by atoms with Crippen molar-refractivity contribution in [2.24, 2.45) is 5.84 Å². The number of hydrogen-bond acceptors (Lipinski definition) is 5. The Kier molecular flexibility index (Phi) is 5.68. The molecule has 96 valence electrons. The monoisotopic (exact) mass is 247 g/mol. The number of anilines is 1. The fraction of sp³-hybridized carbons (Fsp3) is 0.385. The number of esters is 1. The second-order valence-corrected chi connectivity index (χ2v) is 3.76. The van der Waals surface area contributed by atoms with E-state index in [-0.39, 0.29) is 5.97 Å². The largest absolute Gasteiger partial charge is 0.466 e. The molecule has 5 heteroatoms. The standard InChI is InChI=1S/C13H17N3O2/c1-2-18-13(17)7-4-8-16(15)12-6-3-5-11(9-12)10-14/h3,5-6,9H,2,4,7-8,15H2,1H3. The van der Waals surface area contributed by atoms with Crippen molar-refractivity contribution in [3.63, 3.8) is 0 Å². The summed E-state index contributed by atoms with van der Waals surface area (Å²) in [6, 6.07) is 9.09. The van der Waals surface area contributed by atoms with E-state index in [1.165, 1.54) is 5.01 Å². The van der Waals surface area contributed by atoms with Gasteiger partial charge in [0.2, 0.25) is 0 Å². The van der Waals surface area contributed by atoms with Crippen LogP contribution >= 0.6 is 0 Å². The van der Waals surface area contributed by atoms with Gasteiger partial charge < -0.3 is 9.75 Å². The lowest BCUT2D eigenvalue weighted by Crippen LogP contribution is -2.32. The molecule has 0 saturated carbocycles. The lowest BCUT2D eigenvalue weighted by molar-refractivity contribution is -0.143. The van der Waals surface area contributed by atoms with Crippen LogP contribution in [0.2, 0.25) is 0 Å². The molecule has 0 aromatic heterocycles. The van der Waals surface area contributed by atoms with Gasteiger partial charge in [0.1, 0.15) is 0 Å². The molecule has 1 aromatic carbocycles. The molecule has 18 heavy (non-hydrogen) atoms. The molecule has 0 atom stereocenters. The smallest absolute Gasteiger partial charge is 0.305 e. The van der Waals surface area contributed by atoms with Gasteiger partial charge in [0, 0.05) is 13.0 Å². The fourth-order valence-corrected chi connectivity index (χ4v) is 1.51. The Labute approximate surface area is 107 Å². The van der Waals surface area contributed by atoms with Crippen molar-refractivity contribution in [2.75, 3.05) is 18.2 Å². The SMILES string of the molecule is CCOC(=O)CCCN(N)c1cccc(C#N)c1. The number of nitriles is 1. The summed E-state index contributed by atoms with van der Waals surface area (Å²) >= 11 is 0. The quantitative estimate of drug-likeness (QED) is 0.469. The Morgan fingerprint density at radius 1 is 1.56 bits per heavy atom. The molecule has 1 rings (SSSR count). The average Bonchev–Trinajstić information content (AvgIpc) is 2.39. The number of nitrogens with zero attached hydrogens (tertiary/aromatic N) is 2. The average molecular weight is 247 g/mol. The lowest BCUT2D eigenvalue weighted by atomic mass is 10.2. The molecular formula is C13H17N3O2. The van der Waals surface area contributed by atoms with Gasteiger partial charge in [-0.15, -0.1) is 0 Å². The minimum Gasteiger partial charge on any atom is -0.466 e. The van der Waals surface area contributed by atoms with Crippen molar-refractivity contribution in [2.45, 2.75) is 19.8 Å². The van der Waals surface area contributed by atoms with Crippen LogP contribution in [0.25, 0.3) is 0 Å². The molecule has 0 unspecified atom stereocenters. The number of rotatable bonds is 6. The number of carbonyl (C=O) groups is 1. The van der Waals surface area contributed by atoms with Crippen molar-refractivity contribution >= 4 is 11.7 Å². The highest BCUT2D eigenvalue weighted by molar-refractivity contribution is 5.69. The molecule has 0 aliphatic carbocycles. The zero-order valence-corrected chi connectivity index (χ0v) is 10.4. The van der Waals surface area contributed by atoms with Gasteiger partial charge in [-0.3, -0.25) is 4.79 Å². The topological polar surface area (TPSA) is 79.3 Å². The number of ether oxygens (including phenoxy) is 1. The maximum absolute atomic E-state index is 11.1. The minimum atomic E-state index is -0.211. The number of hydrogen-bond donors (Lipinski definition) is 1. The van der Waals surface area contributed by atoms with E-state index in [0.29, 0.717) is 31.6 Å². The molecule has 0 aliphatic rings. The predicted octanol–water partition coefficient (Wildman–Crippen LogP) is 1.58. The van der Waals surface area contributed by atoms with Gasteiger partial charge in [-0.25, -0.2) is 5.84 Å². The molecule has 0 fully saturated rings. The van der Waals surface area contributed by atoms with E-state index in [4.69, 9.17) is 15.8 Å². The lowest BCUT2D eigenvalue weighted by Gasteiger charge is -2.18. The highest BCUT2D eigenvalue weighted by atomic mass is 16.5. The van der Waals surface area contributed by atoms with Crippen LogP contribution in [-0.4, -0.2) is 19.1 Å². The van der Waals surface area contributed by atoms with Crippen molar-refractivity contribution in [1.82, 2.24) is 0 Å². The summed E-state index contributed by atoms with van der Waals surface area (Å²) in [6.45, 7) is 2.71. The van der Waals surface area contributed by atoms with E-state index in [9.17, 15) is 4.79 Å². The van der Waals surface area contributed by atoms with E-state index in [1.54, 1.807) is 25.1 Å². The highest BCUT2D eigenvalue weighted by Gasteiger charge is 2.05. The Morgan fingerprint density at radius 3 is 3.00 bits per heavy atom. The maximum Gasteiger partial charge on any atom is 0.305 e. The van der Waals surface area contributed by atoms with Crippen molar-refractivity contribution < 1.29 is 9.53 Å². The van der Waals surface area contributed by atoms with Gasteiger partial charge in [-0.2, -0.15) is 5.26 Å². The van der Waals surface area contributed by atoms with Gasteiger partial charge in [-0.1, -0.05) is 6.07 Å². The molecule has 0 amide bonds. The van der Waals surface area contributed by atoms with Gasteiger partial charge in [0.15, 0.2) is 0 Å². The van der Waals surface area contributed by atoms with E-state index in [0.717, 1.165) is 5.69 Å². The van der Waals surface area contributed by atoms with Gasteiger partial charge >= 0.3 is 5.97 Å². The van der Waals surface area contributed by atoms with Crippen LogP contribution in [0.3, 0.4) is 0 Å². The van der Waals surface area contributed by atoms with E-state index in [1.807, 2.05) is 6.07 Å². The molecule has 0 bridgehead atoms. The second-order valence-electron chi connectivity index (χ2n) is 3.76. The Balaban J connectivity index is 2.43. The number of carbonyl (C=O) groups excluding carboxylic acids is 1. The van der Waals surface area contributed by atoms with Crippen LogP contribution in [0.15, 0.2) is 24.3 Å². The Morgan fingerprint density at radius 2 is 2.33 bits per heavy atom. The van der Waals surface area contributed by atoms with Gasteiger partial charge in [0.05, 0.1) is 23.9 Å². The maximum atomic E-state index is 11.1.